The Bertz CT molecular complexity index is 608. The molecule has 1 aromatic carbocycles. The van der Waals surface area contributed by atoms with E-state index in [1.165, 1.54) is 25.8 Å². The van der Waals surface area contributed by atoms with Gasteiger partial charge in [-0.3, -0.25) is 0 Å². The van der Waals surface area contributed by atoms with Crippen molar-refractivity contribution in [1.82, 2.24) is 14.5 Å². The van der Waals surface area contributed by atoms with Gasteiger partial charge in [-0.15, -0.1) is 11.6 Å². The summed E-state index contributed by atoms with van der Waals surface area (Å²) in [5.41, 5.74) is 2.07. The number of hydrogen-bond donors (Lipinski definition) is 0. The maximum absolute atomic E-state index is 6.07. The van der Waals surface area contributed by atoms with E-state index in [0.717, 1.165) is 28.4 Å². The van der Waals surface area contributed by atoms with E-state index in [-0.39, 0.29) is 0 Å². The molecule has 2 aromatic rings. The first kappa shape index (κ1) is 14.2. The lowest BCUT2D eigenvalue weighted by Crippen LogP contribution is -2.39. The van der Waals surface area contributed by atoms with E-state index in [1.807, 2.05) is 18.2 Å². The first-order valence-corrected chi connectivity index (χ1v) is 8.01. The Morgan fingerprint density at radius 3 is 2.95 bits per heavy atom. The molecule has 0 amide bonds. The summed E-state index contributed by atoms with van der Waals surface area (Å²) >= 11 is 12.1. The Kier molecular flexibility index (Phi) is 4.20. The van der Waals surface area contributed by atoms with Crippen molar-refractivity contribution in [2.75, 3.05) is 13.6 Å². The number of aromatic nitrogens is 2. The van der Waals surface area contributed by atoms with Crippen LogP contribution in [0.25, 0.3) is 11.0 Å². The fourth-order valence-corrected chi connectivity index (χ4v) is 3.41. The molecule has 1 aliphatic rings. The number of alkyl halides is 1. The molecule has 3 nitrogen and oxygen atoms in total. The summed E-state index contributed by atoms with van der Waals surface area (Å²) in [6, 6.07) is 6.45. The van der Waals surface area contributed by atoms with Gasteiger partial charge in [-0.05, 0) is 44.6 Å². The molecule has 1 aliphatic heterocycles. The second kappa shape index (κ2) is 5.92. The van der Waals surface area contributed by atoms with E-state index in [9.17, 15) is 0 Å². The Balaban J connectivity index is 1.96. The lowest BCUT2D eigenvalue weighted by atomic mass is 10.0. The van der Waals surface area contributed by atoms with Crippen molar-refractivity contribution >= 4 is 34.2 Å². The fourth-order valence-electron chi connectivity index (χ4n) is 3.04. The second-order valence-electron chi connectivity index (χ2n) is 5.54. The minimum atomic E-state index is 0.433. The zero-order chi connectivity index (χ0) is 14.1. The molecule has 0 spiro atoms. The molecule has 0 saturated carbocycles. The smallest absolute Gasteiger partial charge is 0.124 e. The third kappa shape index (κ3) is 2.67. The Morgan fingerprint density at radius 2 is 2.20 bits per heavy atom. The maximum atomic E-state index is 6.07. The number of likely N-dealkylation sites (N-methyl/N-ethyl adjacent to an activating group) is 1. The predicted molar refractivity (Wildman–Crippen MR) is 84.6 cm³/mol. The molecule has 3 rings (SSSR count). The number of benzene rings is 1. The Hall–Kier alpha value is -0.770. The van der Waals surface area contributed by atoms with E-state index in [1.54, 1.807) is 0 Å². The van der Waals surface area contributed by atoms with Gasteiger partial charge in [0, 0.05) is 17.6 Å². The van der Waals surface area contributed by atoms with Crippen LogP contribution in [-0.4, -0.2) is 34.1 Å². The van der Waals surface area contributed by atoms with Crippen molar-refractivity contribution in [3.8, 4) is 0 Å². The lowest BCUT2D eigenvalue weighted by Gasteiger charge is -2.33. The van der Waals surface area contributed by atoms with Crippen molar-refractivity contribution in [3.05, 3.63) is 29.0 Å². The van der Waals surface area contributed by atoms with Gasteiger partial charge in [-0.2, -0.15) is 0 Å². The summed E-state index contributed by atoms with van der Waals surface area (Å²) < 4.78 is 2.26. The number of hydrogen-bond acceptors (Lipinski definition) is 2. The molecule has 1 aromatic heterocycles. The molecule has 2 heterocycles. The molecule has 0 bridgehead atoms. The van der Waals surface area contributed by atoms with E-state index in [4.69, 9.17) is 23.2 Å². The highest BCUT2D eigenvalue weighted by Crippen LogP contribution is 2.24. The van der Waals surface area contributed by atoms with Crippen LogP contribution < -0.4 is 0 Å². The molecule has 0 aliphatic carbocycles. The zero-order valence-corrected chi connectivity index (χ0v) is 13.2. The maximum Gasteiger partial charge on any atom is 0.124 e. The van der Waals surface area contributed by atoms with Crippen molar-refractivity contribution in [3.63, 3.8) is 0 Å². The molecular formula is C15H19Cl2N3. The van der Waals surface area contributed by atoms with Crippen LogP contribution in [0.15, 0.2) is 18.2 Å². The van der Waals surface area contributed by atoms with E-state index in [0.29, 0.717) is 11.9 Å². The minimum Gasteiger partial charge on any atom is -0.325 e. The first-order valence-electron chi connectivity index (χ1n) is 7.10. The summed E-state index contributed by atoms with van der Waals surface area (Å²) in [6.07, 6.45) is 3.85. The van der Waals surface area contributed by atoms with Gasteiger partial charge in [0.25, 0.3) is 0 Å². The van der Waals surface area contributed by atoms with Crippen LogP contribution in [0, 0.1) is 0 Å². The van der Waals surface area contributed by atoms with Gasteiger partial charge in [-0.25, -0.2) is 4.98 Å². The van der Waals surface area contributed by atoms with E-state index >= 15 is 0 Å². The monoisotopic (exact) mass is 311 g/mol. The molecule has 0 radical (unpaired) electrons. The van der Waals surface area contributed by atoms with Crippen LogP contribution in [0.5, 0.6) is 0 Å². The van der Waals surface area contributed by atoms with Gasteiger partial charge in [0.15, 0.2) is 0 Å². The second-order valence-corrected chi connectivity index (χ2v) is 6.24. The van der Waals surface area contributed by atoms with Gasteiger partial charge in [-0.1, -0.05) is 18.0 Å². The Labute approximate surface area is 129 Å². The molecule has 5 heteroatoms. The van der Waals surface area contributed by atoms with E-state index < -0.39 is 0 Å². The fraction of sp³-hybridized carbons (Fsp3) is 0.533. The van der Waals surface area contributed by atoms with Gasteiger partial charge in [0.2, 0.25) is 0 Å². The number of nitrogens with zero attached hydrogens (tertiary/aromatic N) is 3. The summed E-state index contributed by atoms with van der Waals surface area (Å²) in [7, 11) is 2.21. The normalized spacial score (nSPS) is 20.6. The number of piperidine rings is 1. The van der Waals surface area contributed by atoms with Crippen LogP contribution in [0.3, 0.4) is 0 Å². The average molecular weight is 312 g/mol. The van der Waals surface area contributed by atoms with Crippen LogP contribution in [0.1, 0.15) is 25.1 Å². The van der Waals surface area contributed by atoms with Gasteiger partial charge < -0.3 is 9.47 Å². The zero-order valence-electron chi connectivity index (χ0n) is 11.6. The van der Waals surface area contributed by atoms with Crippen molar-refractivity contribution in [2.24, 2.45) is 0 Å². The summed E-state index contributed by atoms with van der Waals surface area (Å²) in [6.45, 7) is 2.13. The molecule has 1 saturated heterocycles. The largest absolute Gasteiger partial charge is 0.325 e. The van der Waals surface area contributed by atoms with Crippen LogP contribution >= 0.6 is 23.2 Å². The lowest BCUT2D eigenvalue weighted by molar-refractivity contribution is 0.168. The van der Waals surface area contributed by atoms with Crippen molar-refractivity contribution < 1.29 is 0 Å². The molecule has 1 fully saturated rings. The highest BCUT2D eigenvalue weighted by molar-refractivity contribution is 6.31. The Morgan fingerprint density at radius 1 is 1.35 bits per heavy atom. The summed E-state index contributed by atoms with van der Waals surface area (Å²) in [5.74, 6) is 1.37. The number of fused-ring (bicyclic) bond motifs is 1. The summed E-state index contributed by atoms with van der Waals surface area (Å²) in [5, 5.41) is 0.720. The average Bonchev–Trinajstić information content (AvgIpc) is 2.78. The van der Waals surface area contributed by atoms with Gasteiger partial charge >= 0.3 is 0 Å². The molecule has 1 atom stereocenters. The molecule has 1 unspecified atom stereocenters. The topological polar surface area (TPSA) is 21.1 Å². The SMILES string of the molecule is CN1CCCCC1Cn1c(CCl)nc2cc(Cl)ccc21. The van der Waals surface area contributed by atoms with Gasteiger partial charge in [0.05, 0.1) is 16.9 Å². The summed E-state index contributed by atoms with van der Waals surface area (Å²) in [4.78, 5) is 7.06. The van der Waals surface area contributed by atoms with Crippen molar-refractivity contribution in [1.29, 1.82) is 0 Å². The van der Waals surface area contributed by atoms with Crippen molar-refractivity contribution in [2.45, 2.75) is 37.7 Å². The van der Waals surface area contributed by atoms with E-state index in [2.05, 4.69) is 21.5 Å². The minimum absolute atomic E-state index is 0.433. The highest BCUT2D eigenvalue weighted by atomic mass is 35.5. The number of imidazole rings is 1. The molecule has 108 valence electrons. The van der Waals surface area contributed by atoms with Crippen LogP contribution in [-0.2, 0) is 12.4 Å². The predicted octanol–water partition coefficient (Wildman–Crippen LogP) is 3.91. The van der Waals surface area contributed by atoms with Crippen LogP contribution in [0.4, 0.5) is 0 Å². The highest BCUT2D eigenvalue weighted by Gasteiger charge is 2.21. The quantitative estimate of drug-likeness (QED) is 0.801. The number of rotatable bonds is 3. The standard InChI is InChI=1S/C15H19Cl2N3/c1-19-7-3-2-4-12(19)10-20-14-6-5-11(17)8-13(14)18-15(20)9-16/h5-6,8,12H,2-4,7,9-10H2,1H3. The number of likely N-dealkylation sites (tertiary alicyclic amines) is 1. The van der Waals surface area contributed by atoms with Gasteiger partial charge in [0.1, 0.15) is 5.82 Å². The molecule has 0 N–H and O–H groups in total. The third-order valence-electron chi connectivity index (χ3n) is 4.22. The van der Waals surface area contributed by atoms with Crippen LogP contribution in [0.2, 0.25) is 5.02 Å². The molecular weight excluding hydrogens is 293 g/mol. The third-order valence-corrected chi connectivity index (χ3v) is 4.70. The number of halogens is 2. The first-order chi connectivity index (χ1) is 9.69. The molecule has 20 heavy (non-hydrogen) atoms.